The zero-order chi connectivity index (χ0) is 19.3. The van der Waals surface area contributed by atoms with Gasteiger partial charge in [0.25, 0.3) is 0 Å². The summed E-state index contributed by atoms with van der Waals surface area (Å²) in [6.07, 6.45) is 0.775. The summed E-state index contributed by atoms with van der Waals surface area (Å²) in [7, 11) is 0. The molecule has 0 saturated carbocycles. The molecular weight excluding hydrogens is 348 g/mol. The van der Waals surface area contributed by atoms with Crippen LogP contribution in [0.15, 0.2) is 78.9 Å². The molecule has 28 heavy (non-hydrogen) atoms. The Morgan fingerprint density at radius 3 is 1.96 bits per heavy atom. The fourth-order valence-electron chi connectivity index (χ4n) is 4.31. The van der Waals surface area contributed by atoms with Gasteiger partial charge in [-0.2, -0.15) is 0 Å². The van der Waals surface area contributed by atoms with E-state index < -0.39 is 0 Å². The Morgan fingerprint density at radius 1 is 0.714 bits per heavy atom. The molecule has 4 aromatic rings. The summed E-state index contributed by atoms with van der Waals surface area (Å²) in [6.45, 7) is 2.19. The first-order valence-electron chi connectivity index (χ1n) is 9.35. The number of hydrogen-bond donors (Lipinski definition) is 2. The third-order valence-corrected chi connectivity index (χ3v) is 5.71. The van der Waals surface area contributed by atoms with Crippen LogP contribution in [-0.4, -0.2) is 10.2 Å². The number of hydrogen-bond acceptors (Lipinski definition) is 3. The van der Waals surface area contributed by atoms with Crippen molar-refractivity contribution in [3.63, 3.8) is 0 Å². The van der Waals surface area contributed by atoms with Crippen LogP contribution in [0.25, 0.3) is 10.8 Å². The van der Waals surface area contributed by atoms with Crippen LogP contribution in [-0.2, 0) is 11.8 Å². The van der Waals surface area contributed by atoms with Gasteiger partial charge in [0, 0.05) is 28.7 Å². The number of phenols is 2. The molecule has 0 atom stereocenters. The average Bonchev–Trinajstić information content (AvgIpc) is 2.67. The summed E-state index contributed by atoms with van der Waals surface area (Å²) < 4.78 is 6.02. The summed E-state index contributed by atoms with van der Waals surface area (Å²) in [5.74, 6) is 1.58. The molecule has 1 heterocycles. The lowest BCUT2D eigenvalue weighted by Crippen LogP contribution is -2.30. The Morgan fingerprint density at radius 2 is 1.32 bits per heavy atom. The monoisotopic (exact) mass is 368 g/mol. The van der Waals surface area contributed by atoms with Crippen LogP contribution in [0.3, 0.4) is 0 Å². The summed E-state index contributed by atoms with van der Waals surface area (Å²) in [4.78, 5) is 0. The highest BCUT2D eigenvalue weighted by molar-refractivity contribution is 5.83. The van der Waals surface area contributed by atoms with E-state index in [2.05, 4.69) is 43.3 Å². The fourth-order valence-corrected chi connectivity index (χ4v) is 4.31. The summed E-state index contributed by atoms with van der Waals surface area (Å²) in [5, 5.41) is 22.3. The highest BCUT2D eigenvalue weighted by Gasteiger charge is 2.38. The van der Waals surface area contributed by atoms with Crippen LogP contribution >= 0.6 is 0 Å². The molecule has 1 aliphatic rings. The molecule has 1 aliphatic heterocycles. The van der Waals surface area contributed by atoms with Crippen LogP contribution < -0.4 is 4.74 Å². The predicted octanol–water partition coefficient (Wildman–Crippen LogP) is 5.91. The molecule has 0 unspecified atom stereocenters. The Labute approximate surface area is 163 Å². The summed E-state index contributed by atoms with van der Waals surface area (Å²) >= 11 is 0. The molecular formula is C25H20O3. The highest BCUT2D eigenvalue weighted by Crippen LogP contribution is 2.51. The first-order chi connectivity index (χ1) is 13.5. The van der Waals surface area contributed by atoms with Gasteiger partial charge in [0.2, 0.25) is 0 Å². The quantitative estimate of drug-likeness (QED) is 0.463. The Kier molecular flexibility index (Phi) is 3.59. The molecule has 0 spiro atoms. The second kappa shape index (κ2) is 6.03. The minimum absolute atomic E-state index is 0.162. The number of phenolic OH excluding ortho intramolecular Hbond substituents is 2. The van der Waals surface area contributed by atoms with E-state index in [9.17, 15) is 10.2 Å². The van der Waals surface area contributed by atoms with Crippen LogP contribution in [0, 0.1) is 0 Å². The minimum atomic E-state index is -0.354. The zero-order valence-electron chi connectivity index (χ0n) is 15.5. The van der Waals surface area contributed by atoms with E-state index in [0.717, 1.165) is 17.5 Å². The maximum Gasteiger partial charge on any atom is 0.135 e. The van der Waals surface area contributed by atoms with Gasteiger partial charge >= 0.3 is 0 Å². The first kappa shape index (κ1) is 16.7. The van der Waals surface area contributed by atoms with Gasteiger partial charge in [0.15, 0.2) is 0 Å². The predicted molar refractivity (Wildman–Crippen MR) is 110 cm³/mol. The van der Waals surface area contributed by atoms with Crippen molar-refractivity contribution in [2.24, 2.45) is 0 Å². The first-order valence-corrected chi connectivity index (χ1v) is 9.35. The molecule has 3 nitrogen and oxygen atoms in total. The van der Waals surface area contributed by atoms with Crippen molar-refractivity contribution in [1.29, 1.82) is 0 Å². The number of aromatic hydroxyl groups is 2. The van der Waals surface area contributed by atoms with Gasteiger partial charge in [0.05, 0.1) is 0 Å². The van der Waals surface area contributed by atoms with Crippen molar-refractivity contribution in [3.05, 3.63) is 95.6 Å². The second-order valence-corrected chi connectivity index (χ2v) is 7.65. The molecule has 0 fully saturated rings. The molecule has 0 saturated heterocycles. The lowest BCUT2D eigenvalue weighted by Gasteiger charge is -2.38. The zero-order valence-corrected chi connectivity index (χ0v) is 15.5. The number of fused-ring (bicyclic) bond motifs is 3. The Hall–Kier alpha value is -3.46. The van der Waals surface area contributed by atoms with Crippen molar-refractivity contribution in [3.8, 4) is 23.0 Å². The number of benzene rings is 4. The molecule has 0 aliphatic carbocycles. The SMILES string of the molecule is CC1(Cc2ccc3ccccc3c2)c2ccc(O)cc2Oc2cc(O)ccc21. The molecule has 4 aromatic carbocycles. The normalized spacial score (nSPS) is 14.2. The maximum atomic E-state index is 9.94. The van der Waals surface area contributed by atoms with Gasteiger partial charge in [-0.1, -0.05) is 61.5 Å². The maximum absolute atomic E-state index is 9.94. The minimum Gasteiger partial charge on any atom is -0.508 e. The summed E-state index contributed by atoms with van der Waals surface area (Å²) in [5.41, 5.74) is 2.92. The standard InChI is InChI=1S/C25H20O3/c1-25(15-16-6-7-17-4-2-3-5-18(17)12-16)21-10-8-19(26)13-23(21)28-24-14-20(27)9-11-22(24)25/h2-14,26-27H,15H2,1H3. The third kappa shape index (κ3) is 2.59. The van der Waals surface area contributed by atoms with Crippen LogP contribution in [0.4, 0.5) is 0 Å². The third-order valence-electron chi connectivity index (χ3n) is 5.71. The molecule has 5 rings (SSSR count). The van der Waals surface area contributed by atoms with E-state index in [0.29, 0.717) is 11.5 Å². The molecule has 138 valence electrons. The average molecular weight is 368 g/mol. The molecule has 0 amide bonds. The van der Waals surface area contributed by atoms with Gasteiger partial charge in [-0.3, -0.25) is 0 Å². The summed E-state index contributed by atoms with van der Waals surface area (Å²) in [6, 6.07) is 25.5. The van der Waals surface area contributed by atoms with E-state index in [1.807, 2.05) is 18.2 Å². The van der Waals surface area contributed by atoms with E-state index in [1.165, 1.54) is 16.3 Å². The highest BCUT2D eigenvalue weighted by atomic mass is 16.5. The molecule has 2 N–H and O–H groups in total. The topological polar surface area (TPSA) is 49.7 Å². The lowest BCUT2D eigenvalue weighted by atomic mass is 9.70. The fraction of sp³-hybridized carbons (Fsp3) is 0.120. The molecule has 0 radical (unpaired) electrons. The van der Waals surface area contributed by atoms with Gasteiger partial charge in [-0.05, 0) is 34.9 Å². The van der Waals surface area contributed by atoms with Crippen LogP contribution in [0.2, 0.25) is 0 Å². The van der Waals surface area contributed by atoms with Gasteiger partial charge in [-0.25, -0.2) is 0 Å². The molecule has 3 heteroatoms. The van der Waals surface area contributed by atoms with E-state index in [4.69, 9.17) is 4.74 Å². The van der Waals surface area contributed by atoms with Crippen molar-refractivity contribution in [2.45, 2.75) is 18.8 Å². The van der Waals surface area contributed by atoms with E-state index in [-0.39, 0.29) is 16.9 Å². The molecule has 0 aromatic heterocycles. The van der Waals surface area contributed by atoms with Crippen molar-refractivity contribution in [1.82, 2.24) is 0 Å². The lowest BCUT2D eigenvalue weighted by molar-refractivity contribution is 0.392. The van der Waals surface area contributed by atoms with Gasteiger partial charge in [0.1, 0.15) is 23.0 Å². The Balaban J connectivity index is 1.68. The van der Waals surface area contributed by atoms with Gasteiger partial charge in [-0.15, -0.1) is 0 Å². The number of ether oxygens (including phenoxy) is 1. The largest absolute Gasteiger partial charge is 0.508 e. The van der Waals surface area contributed by atoms with E-state index in [1.54, 1.807) is 24.3 Å². The Bertz CT molecular complexity index is 1160. The van der Waals surface area contributed by atoms with E-state index >= 15 is 0 Å². The van der Waals surface area contributed by atoms with Crippen molar-refractivity contribution < 1.29 is 14.9 Å². The van der Waals surface area contributed by atoms with Crippen molar-refractivity contribution in [2.75, 3.05) is 0 Å². The number of rotatable bonds is 2. The van der Waals surface area contributed by atoms with Gasteiger partial charge < -0.3 is 14.9 Å². The molecule has 0 bridgehead atoms. The van der Waals surface area contributed by atoms with Crippen LogP contribution in [0.1, 0.15) is 23.6 Å². The van der Waals surface area contributed by atoms with Crippen LogP contribution in [0.5, 0.6) is 23.0 Å². The smallest absolute Gasteiger partial charge is 0.135 e. The van der Waals surface area contributed by atoms with Crippen molar-refractivity contribution >= 4 is 10.8 Å². The second-order valence-electron chi connectivity index (χ2n) is 7.65.